The maximum Gasteiger partial charge on any atom is 0.303 e. The van der Waals surface area contributed by atoms with Crippen LogP contribution >= 0.6 is 0 Å². The number of hydrogen-bond acceptors (Lipinski definition) is 3. The lowest BCUT2D eigenvalue weighted by atomic mass is 9.98. The van der Waals surface area contributed by atoms with Crippen molar-refractivity contribution in [3.05, 3.63) is 0 Å². The lowest BCUT2D eigenvalue weighted by molar-refractivity contribution is -0.137. The van der Waals surface area contributed by atoms with E-state index in [1.165, 1.54) is 0 Å². The van der Waals surface area contributed by atoms with Crippen LogP contribution < -0.4 is 5.32 Å². The zero-order chi connectivity index (χ0) is 14.1. The molecule has 0 bridgehead atoms. The van der Waals surface area contributed by atoms with Gasteiger partial charge in [0.05, 0.1) is 0 Å². The van der Waals surface area contributed by atoms with Gasteiger partial charge in [-0.3, -0.25) is 14.4 Å². The molecule has 0 heterocycles. The molecule has 18 heavy (non-hydrogen) atoms. The number of carboxylic acid groups (broad SMARTS) is 1. The second-order valence-corrected chi connectivity index (χ2v) is 4.17. The van der Waals surface area contributed by atoms with Crippen molar-refractivity contribution < 1.29 is 19.5 Å². The van der Waals surface area contributed by atoms with Crippen LogP contribution in [0.5, 0.6) is 0 Å². The number of hydrogen-bond donors (Lipinski definition) is 2. The van der Waals surface area contributed by atoms with E-state index in [2.05, 4.69) is 17.0 Å². The summed E-state index contributed by atoms with van der Waals surface area (Å²) in [5.74, 6) is -1.77. The van der Waals surface area contributed by atoms with E-state index in [9.17, 15) is 14.4 Å². The predicted octanol–water partition coefficient (Wildman–Crippen LogP) is 0.999. The molecular weight excluding hydrogens is 236 g/mol. The summed E-state index contributed by atoms with van der Waals surface area (Å²) in [5, 5.41) is 11.0. The van der Waals surface area contributed by atoms with Crippen LogP contribution in [0.3, 0.4) is 0 Å². The first-order chi connectivity index (χ1) is 8.42. The van der Waals surface area contributed by atoms with Crippen molar-refractivity contribution >= 4 is 24.5 Å². The first-order valence-corrected chi connectivity index (χ1v) is 5.94. The highest BCUT2D eigenvalue weighted by molar-refractivity contribution is 5.90. The van der Waals surface area contributed by atoms with Gasteiger partial charge in [0, 0.05) is 12.8 Å². The largest absolute Gasteiger partial charge is 0.481 e. The van der Waals surface area contributed by atoms with Crippen LogP contribution in [0.15, 0.2) is 4.99 Å². The number of aliphatic imine (C=N–C) groups is 1. The fourth-order valence-electron chi connectivity index (χ4n) is 1.43. The second kappa shape index (κ2) is 8.38. The summed E-state index contributed by atoms with van der Waals surface area (Å²) >= 11 is 0. The van der Waals surface area contributed by atoms with Crippen LogP contribution in [0.1, 0.15) is 39.5 Å². The third-order valence-corrected chi connectivity index (χ3v) is 2.75. The van der Waals surface area contributed by atoms with E-state index in [0.29, 0.717) is 0 Å². The number of rotatable bonds is 8. The quantitative estimate of drug-likeness (QED) is 0.633. The second-order valence-electron chi connectivity index (χ2n) is 4.17. The Hall–Kier alpha value is -1.72. The molecule has 6 nitrogen and oxygen atoms in total. The average Bonchev–Trinajstić information content (AvgIpc) is 2.33. The van der Waals surface area contributed by atoms with E-state index in [0.717, 1.165) is 6.42 Å². The topological polar surface area (TPSA) is 95.8 Å². The van der Waals surface area contributed by atoms with Gasteiger partial charge in [-0.05, 0) is 19.1 Å². The Morgan fingerprint density at radius 3 is 2.39 bits per heavy atom. The van der Waals surface area contributed by atoms with Crippen LogP contribution in [-0.4, -0.2) is 35.6 Å². The van der Waals surface area contributed by atoms with Gasteiger partial charge in [0.15, 0.2) is 0 Å². The molecule has 0 aromatic carbocycles. The minimum absolute atomic E-state index is 0.0357. The van der Waals surface area contributed by atoms with Crippen molar-refractivity contribution in [2.75, 3.05) is 0 Å². The van der Waals surface area contributed by atoms with E-state index in [-0.39, 0.29) is 31.1 Å². The molecule has 0 saturated heterocycles. The molecule has 0 radical (unpaired) electrons. The molecule has 0 aromatic rings. The molecule has 0 spiro atoms. The Morgan fingerprint density at radius 2 is 1.94 bits per heavy atom. The molecule has 6 heteroatoms. The molecule has 0 unspecified atom stereocenters. The van der Waals surface area contributed by atoms with Crippen molar-refractivity contribution in [1.82, 2.24) is 5.32 Å². The van der Waals surface area contributed by atoms with Crippen molar-refractivity contribution in [1.29, 1.82) is 0 Å². The van der Waals surface area contributed by atoms with E-state index in [1.807, 2.05) is 13.8 Å². The smallest absolute Gasteiger partial charge is 0.303 e. The monoisotopic (exact) mass is 256 g/mol. The minimum atomic E-state index is -0.940. The van der Waals surface area contributed by atoms with E-state index in [1.54, 1.807) is 0 Å². The van der Waals surface area contributed by atoms with Gasteiger partial charge in [-0.1, -0.05) is 20.3 Å². The Labute approximate surface area is 106 Å². The molecule has 2 amide bonds. The summed E-state index contributed by atoms with van der Waals surface area (Å²) in [7, 11) is 0. The van der Waals surface area contributed by atoms with Crippen LogP contribution in [0.25, 0.3) is 0 Å². The number of nitrogens with one attached hydrogen (secondary N) is 1. The minimum Gasteiger partial charge on any atom is -0.481 e. The maximum absolute atomic E-state index is 11.6. The van der Waals surface area contributed by atoms with Gasteiger partial charge in [-0.15, -0.1) is 0 Å². The summed E-state index contributed by atoms with van der Waals surface area (Å²) in [4.78, 5) is 36.7. The number of carbonyl (C=O) groups is 3. The van der Waals surface area contributed by atoms with Crippen molar-refractivity contribution in [3.8, 4) is 0 Å². The van der Waals surface area contributed by atoms with E-state index >= 15 is 0 Å². The molecule has 0 aliphatic heterocycles. The highest BCUT2D eigenvalue weighted by Gasteiger charge is 2.24. The normalized spacial score (nSPS) is 13.4. The van der Waals surface area contributed by atoms with Crippen LogP contribution in [0, 0.1) is 5.92 Å². The molecule has 0 fully saturated rings. The van der Waals surface area contributed by atoms with Gasteiger partial charge in [0.2, 0.25) is 5.91 Å². The first-order valence-electron chi connectivity index (χ1n) is 5.94. The zero-order valence-electron chi connectivity index (χ0n) is 10.8. The van der Waals surface area contributed by atoms with Gasteiger partial charge in [0.25, 0.3) is 5.91 Å². The number of amides is 2. The summed E-state index contributed by atoms with van der Waals surface area (Å²) in [6, 6.07) is -0.676. The number of carbonyl (C=O) groups excluding carboxylic acids is 2. The van der Waals surface area contributed by atoms with Gasteiger partial charge in [-0.25, -0.2) is 4.99 Å². The molecule has 0 aliphatic carbocycles. The maximum atomic E-state index is 11.6. The Morgan fingerprint density at radius 1 is 1.33 bits per heavy atom. The van der Waals surface area contributed by atoms with Crippen LogP contribution in [0.4, 0.5) is 0 Å². The molecule has 0 saturated carbocycles. The fourth-order valence-corrected chi connectivity index (χ4v) is 1.43. The molecule has 0 aromatic heterocycles. The molecule has 2 N–H and O–H groups in total. The standard InChI is InChI=1S/C12H20N2O4/c1-4-8(2)11(12(18)13-3)14-9(15)6-5-7-10(16)17/h8,11H,3-7H2,1-2H3,(H,14,15)(H,16,17)/t8-,11-/m0/s1. The lowest BCUT2D eigenvalue weighted by Gasteiger charge is -2.20. The number of nitrogens with zero attached hydrogens (tertiary/aromatic N) is 1. The molecular formula is C12H20N2O4. The predicted molar refractivity (Wildman–Crippen MR) is 67.4 cm³/mol. The van der Waals surface area contributed by atoms with Crippen LogP contribution in [-0.2, 0) is 14.4 Å². The Bertz CT molecular complexity index is 328. The summed E-state index contributed by atoms with van der Waals surface area (Å²) in [5.41, 5.74) is 0. The van der Waals surface area contributed by atoms with Gasteiger partial charge in [0.1, 0.15) is 6.04 Å². The average molecular weight is 256 g/mol. The SMILES string of the molecule is C=NC(=O)[C@@H](NC(=O)CCCC(=O)O)[C@@H](C)CC. The molecule has 2 atom stereocenters. The van der Waals surface area contributed by atoms with Crippen molar-refractivity contribution in [2.45, 2.75) is 45.6 Å². The van der Waals surface area contributed by atoms with Crippen molar-refractivity contribution in [2.24, 2.45) is 10.9 Å². The summed E-state index contributed by atoms with van der Waals surface area (Å²) in [6.07, 6.45) is 1.00. The Kier molecular flexibility index (Phi) is 7.58. The highest BCUT2D eigenvalue weighted by Crippen LogP contribution is 2.10. The lowest BCUT2D eigenvalue weighted by Crippen LogP contribution is -2.44. The molecule has 102 valence electrons. The third kappa shape index (κ3) is 6.12. The summed E-state index contributed by atoms with van der Waals surface area (Å²) < 4.78 is 0. The van der Waals surface area contributed by atoms with Gasteiger partial charge >= 0.3 is 5.97 Å². The van der Waals surface area contributed by atoms with Crippen LogP contribution in [0.2, 0.25) is 0 Å². The van der Waals surface area contributed by atoms with Gasteiger partial charge < -0.3 is 10.4 Å². The zero-order valence-corrected chi connectivity index (χ0v) is 10.8. The Balaban J connectivity index is 4.31. The van der Waals surface area contributed by atoms with Gasteiger partial charge in [-0.2, -0.15) is 0 Å². The third-order valence-electron chi connectivity index (χ3n) is 2.75. The van der Waals surface area contributed by atoms with E-state index < -0.39 is 17.9 Å². The fraction of sp³-hybridized carbons (Fsp3) is 0.667. The molecule has 0 rings (SSSR count). The first kappa shape index (κ1) is 16.3. The summed E-state index contributed by atoms with van der Waals surface area (Å²) in [6.45, 7) is 6.91. The number of carboxylic acids is 1. The van der Waals surface area contributed by atoms with Crippen molar-refractivity contribution in [3.63, 3.8) is 0 Å². The molecule has 0 aliphatic rings. The van der Waals surface area contributed by atoms with E-state index in [4.69, 9.17) is 5.11 Å². The number of aliphatic carboxylic acids is 1. The highest BCUT2D eigenvalue weighted by atomic mass is 16.4.